The maximum Gasteiger partial charge on any atom is 0.276 e. The van der Waals surface area contributed by atoms with Crippen molar-refractivity contribution in [1.82, 2.24) is 15.2 Å². The predicted molar refractivity (Wildman–Crippen MR) is 88.8 cm³/mol. The number of carbonyl (C=O) groups is 1. The van der Waals surface area contributed by atoms with E-state index in [1.54, 1.807) is 43.3 Å². The van der Waals surface area contributed by atoms with E-state index in [2.05, 4.69) is 20.5 Å². The molecule has 0 saturated heterocycles. The minimum Gasteiger partial charge on any atom is -0.397 e. The van der Waals surface area contributed by atoms with Crippen LogP contribution in [0.3, 0.4) is 0 Å². The number of nitrogen functional groups attached to an aromatic ring is 1. The number of nitrogens with two attached hydrogens (primary N) is 1. The van der Waals surface area contributed by atoms with Crippen LogP contribution in [0.1, 0.15) is 16.2 Å². The summed E-state index contributed by atoms with van der Waals surface area (Å²) in [5.74, 6) is -0.968. The molecule has 3 aromatic rings. The lowest BCUT2D eigenvalue weighted by atomic mass is 10.1. The summed E-state index contributed by atoms with van der Waals surface area (Å²) in [5, 5.41) is 10.4. The van der Waals surface area contributed by atoms with Gasteiger partial charge in [0.2, 0.25) is 5.95 Å². The Labute approximate surface area is 137 Å². The number of rotatable bonds is 3. The molecule has 2 heterocycles. The fourth-order valence-electron chi connectivity index (χ4n) is 2.10. The molecule has 0 bridgehead atoms. The molecule has 3 N–H and O–H groups in total. The van der Waals surface area contributed by atoms with Crippen LogP contribution in [0, 0.1) is 12.9 Å². The summed E-state index contributed by atoms with van der Waals surface area (Å²) in [6.07, 6.45) is 1.41. The van der Waals surface area contributed by atoms with Crippen molar-refractivity contribution in [3.05, 3.63) is 66.0 Å². The summed E-state index contributed by atoms with van der Waals surface area (Å²) in [6.45, 7) is 1.78. The molecule has 2 aromatic heterocycles. The highest BCUT2D eigenvalue weighted by Crippen LogP contribution is 2.27. The highest BCUT2D eigenvalue weighted by molar-refractivity contribution is 6.04. The van der Waals surface area contributed by atoms with Crippen LogP contribution in [0.15, 0.2) is 48.7 Å². The van der Waals surface area contributed by atoms with Gasteiger partial charge in [0.25, 0.3) is 5.91 Å². The maximum absolute atomic E-state index is 12.9. The van der Waals surface area contributed by atoms with Crippen molar-refractivity contribution in [2.24, 2.45) is 0 Å². The van der Waals surface area contributed by atoms with Crippen LogP contribution < -0.4 is 11.1 Å². The van der Waals surface area contributed by atoms with E-state index in [1.165, 1.54) is 12.3 Å². The van der Waals surface area contributed by atoms with Crippen LogP contribution in [0.4, 0.5) is 15.8 Å². The molecule has 120 valence electrons. The smallest absolute Gasteiger partial charge is 0.276 e. The zero-order valence-corrected chi connectivity index (χ0v) is 12.8. The van der Waals surface area contributed by atoms with Crippen LogP contribution >= 0.6 is 0 Å². The second kappa shape index (κ2) is 6.41. The van der Waals surface area contributed by atoms with Gasteiger partial charge in [-0.25, -0.2) is 4.98 Å². The molecule has 1 aromatic carbocycles. The molecular formula is C17H14FN5O. The van der Waals surface area contributed by atoms with E-state index in [0.29, 0.717) is 16.9 Å². The molecule has 0 radical (unpaired) electrons. The lowest BCUT2D eigenvalue weighted by Crippen LogP contribution is -2.15. The maximum atomic E-state index is 12.9. The summed E-state index contributed by atoms with van der Waals surface area (Å²) in [5.41, 5.74) is 9.13. The Hall–Kier alpha value is -3.35. The Morgan fingerprint density at radius 2 is 1.88 bits per heavy atom. The van der Waals surface area contributed by atoms with Gasteiger partial charge < -0.3 is 11.1 Å². The zero-order chi connectivity index (χ0) is 17.1. The molecule has 0 spiro atoms. The summed E-state index contributed by atoms with van der Waals surface area (Å²) in [7, 11) is 0. The normalized spacial score (nSPS) is 10.4. The van der Waals surface area contributed by atoms with Gasteiger partial charge in [-0.15, -0.1) is 5.10 Å². The molecule has 0 atom stereocenters. The molecule has 3 rings (SSSR count). The van der Waals surface area contributed by atoms with Crippen molar-refractivity contribution in [1.29, 1.82) is 0 Å². The van der Waals surface area contributed by atoms with Gasteiger partial charge in [-0.05, 0) is 48.9 Å². The third kappa shape index (κ3) is 3.35. The summed E-state index contributed by atoms with van der Waals surface area (Å²) in [6, 6.07) is 11.3. The number of carbonyl (C=O) groups excluding carboxylic acids is 1. The number of benzene rings is 1. The Morgan fingerprint density at radius 3 is 2.54 bits per heavy atom. The molecule has 0 aliphatic heterocycles. The lowest BCUT2D eigenvalue weighted by molar-refractivity contribution is 0.102. The van der Waals surface area contributed by atoms with Crippen molar-refractivity contribution < 1.29 is 9.18 Å². The average Bonchev–Trinajstić information content (AvgIpc) is 2.58. The van der Waals surface area contributed by atoms with Crippen molar-refractivity contribution >= 4 is 17.3 Å². The molecule has 0 aliphatic carbocycles. The number of aromatic nitrogens is 3. The van der Waals surface area contributed by atoms with E-state index in [0.717, 1.165) is 11.3 Å². The number of aryl methyl sites for hydroxylation is 1. The monoisotopic (exact) mass is 323 g/mol. The van der Waals surface area contributed by atoms with Gasteiger partial charge in [0.1, 0.15) is 0 Å². The first-order valence-corrected chi connectivity index (χ1v) is 7.16. The van der Waals surface area contributed by atoms with E-state index >= 15 is 0 Å². The Balaban J connectivity index is 1.87. The number of pyridine rings is 1. The number of anilines is 2. The molecule has 0 saturated carbocycles. The van der Waals surface area contributed by atoms with Gasteiger partial charge in [0.05, 0.1) is 17.1 Å². The topological polar surface area (TPSA) is 93.8 Å². The van der Waals surface area contributed by atoms with Crippen LogP contribution in [0.2, 0.25) is 0 Å². The van der Waals surface area contributed by atoms with Crippen molar-refractivity contribution in [3.8, 4) is 11.1 Å². The summed E-state index contributed by atoms with van der Waals surface area (Å²) >= 11 is 0. The average molecular weight is 323 g/mol. The number of amides is 1. The standard InChI is InChI=1S/C17H14FN5O/c1-10-2-6-14(23-22-10)17(24)21-15-8-11(3-5-13(15)19)12-4-7-16(18)20-9-12/h2-9H,19H2,1H3,(H,21,24). The molecule has 24 heavy (non-hydrogen) atoms. The fraction of sp³-hybridized carbons (Fsp3) is 0.0588. The van der Waals surface area contributed by atoms with Crippen LogP contribution in [0.5, 0.6) is 0 Å². The van der Waals surface area contributed by atoms with Gasteiger partial charge >= 0.3 is 0 Å². The molecule has 0 fully saturated rings. The Kier molecular flexibility index (Phi) is 4.15. The molecule has 6 nitrogen and oxygen atoms in total. The second-order valence-corrected chi connectivity index (χ2v) is 5.19. The minimum absolute atomic E-state index is 0.189. The quantitative estimate of drug-likeness (QED) is 0.571. The zero-order valence-electron chi connectivity index (χ0n) is 12.8. The summed E-state index contributed by atoms with van der Waals surface area (Å²) in [4.78, 5) is 15.9. The van der Waals surface area contributed by atoms with Gasteiger partial charge in [-0.3, -0.25) is 4.79 Å². The number of hydrogen-bond acceptors (Lipinski definition) is 5. The van der Waals surface area contributed by atoms with Gasteiger partial charge in [0.15, 0.2) is 5.69 Å². The largest absolute Gasteiger partial charge is 0.397 e. The van der Waals surface area contributed by atoms with E-state index in [1.807, 2.05) is 0 Å². The molecular weight excluding hydrogens is 309 g/mol. The molecule has 7 heteroatoms. The van der Waals surface area contributed by atoms with E-state index < -0.39 is 11.9 Å². The van der Waals surface area contributed by atoms with Crippen molar-refractivity contribution in [2.45, 2.75) is 6.92 Å². The van der Waals surface area contributed by atoms with Crippen molar-refractivity contribution in [3.63, 3.8) is 0 Å². The predicted octanol–water partition coefficient (Wildman–Crippen LogP) is 2.82. The second-order valence-electron chi connectivity index (χ2n) is 5.19. The number of nitrogens with one attached hydrogen (secondary N) is 1. The first-order chi connectivity index (χ1) is 11.5. The van der Waals surface area contributed by atoms with Crippen molar-refractivity contribution in [2.75, 3.05) is 11.1 Å². The highest BCUT2D eigenvalue weighted by Gasteiger charge is 2.11. The van der Waals surface area contributed by atoms with E-state index in [9.17, 15) is 9.18 Å². The third-order valence-corrected chi connectivity index (χ3v) is 3.39. The molecule has 0 aliphatic rings. The fourth-order valence-corrected chi connectivity index (χ4v) is 2.10. The third-order valence-electron chi connectivity index (χ3n) is 3.39. The molecule has 0 unspecified atom stereocenters. The van der Waals surface area contributed by atoms with Gasteiger partial charge in [-0.2, -0.15) is 9.49 Å². The van der Waals surface area contributed by atoms with Gasteiger partial charge in [0, 0.05) is 11.8 Å². The first-order valence-electron chi connectivity index (χ1n) is 7.16. The SMILES string of the molecule is Cc1ccc(C(=O)Nc2cc(-c3ccc(F)nc3)ccc2N)nn1. The highest BCUT2D eigenvalue weighted by atomic mass is 19.1. The molecule has 1 amide bonds. The van der Waals surface area contributed by atoms with E-state index in [-0.39, 0.29) is 5.69 Å². The number of halogens is 1. The van der Waals surface area contributed by atoms with Gasteiger partial charge in [-0.1, -0.05) is 6.07 Å². The number of nitrogens with zero attached hydrogens (tertiary/aromatic N) is 3. The first kappa shape index (κ1) is 15.5. The number of hydrogen-bond donors (Lipinski definition) is 2. The minimum atomic E-state index is -0.555. The lowest BCUT2D eigenvalue weighted by Gasteiger charge is -2.10. The van der Waals surface area contributed by atoms with Crippen LogP contribution in [0.25, 0.3) is 11.1 Å². The van der Waals surface area contributed by atoms with E-state index in [4.69, 9.17) is 5.73 Å². The summed E-state index contributed by atoms with van der Waals surface area (Å²) < 4.78 is 12.9. The van der Waals surface area contributed by atoms with Crippen LogP contribution in [-0.2, 0) is 0 Å². The Bertz CT molecular complexity index is 878. The van der Waals surface area contributed by atoms with Crippen LogP contribution in [-0.4, -0.2) is 21.1 Å². The Morgan fingerprint density at radius 1 is 1.08 bits per heavy atom.